The van der Waals surface area contributed by atoms with Gasteiger partial charge in [-0.05, 0) is 22.6 Å². The number of nitrogens with zero attached hydrogens (tertiary/aromatic N) is 1. The summed E-state index contributed by atoms with van der Waals surface area (Å²) in [4.78, 5) is 35.7. The van der Waals surface area contributed by atoms with Crippen molar-refractivity contribution in [2.24, 2.45) is 0 Å². The van der Waals surface area contributed by atoms with Gasteiger partial charge in [0, 0.05) is 12.6 Å². The predicted octanol–water partition coefficient (Wildman–Crippen LogP) is -1.76. The Kier molecular flexibility index (Phi) is 4.27. The lowest BCUT2D eigenvalue weighted by atomic mass is 10.1. The van der Waals surface area contributed by atoms with E-state index in [0.29, 0.717) is 0 Å². The molecule has 0 spiro atoms. The third kappa shape index (κ3) is 2.77. The summed E-state index contributed by atoms with van der Waals surface area (Å²) in [5, 5.41) is 27.8. The van der Waals surface area contributed by atoms with Crippen LogP contribution in [0.1, 0.15) is 12.6 Å². The van der Waals surface area contributed by atoms with E-state index in [2.05, 4.69) is 4.98 Å². The molecule has 9 nitrogen and oxygen atoms in total. The molecular weight excluding hydrogens is 387 g/mol. The summed E-state index contributed by atoms with van der Waals surface area (Å²) in [6, 6.07) is 0. The number of aliphatic carboxylic acids is 1. The number of halogens is 1. The fourth-order valence-electron chi connectivity index (χ4n) is 1.95. The zero-order valence-corrected chi connectivity index (χ0v) is 12.1. The first-order valence-corrected chi connectivity index (χ1v) is 6.64. The van der Waals surface area contributed by atoms with E-state index in [9.17, 15) is 24.6 Å². The molecule has 2 rings (SSSR count). The molecule has 4 atom stereocenters. The van der Waals surface area contributed by atoms with Gasteiger partial charge in [-0.1, -0.05) is 0 Å². The molecule has 110 valence electrons. The summed E-state index contributed by atoms with van der Waals surface area (Å²) in [6.07, 6.45) is -4.25. The number of H-pyrrole nitrogens is 1. The highest BCUT2D eigenvalue weighted by Gasteiger charge is 2.42. The lowest BCUT2D eigenvalue weighted by Gasteiger charge is -2.18. The zero-order chi connectivity index (χ0) is 15.0. The lowest BCUT2D eigenvalue weighted by molar-refractivity contribution is -0.160. The van der Waals surface area contributed by atoms with Crippen LogP contribution in [-0.2, 0) is 9.53 Å². The van der Waals surface area contributed by atoms with Crippen LogP contribution in [0.25, 0.3) is 0 Å². The molecule has 0 amide bonds. The van der Waals surface area contributed by atoms with Gasteiger partial charge in [0.05, 0.1) is 9.67 Å². The Bertz CT molecular complexity index is 639. The quantitative estimate of drug-likeness (QED) is 0.442. The molecule has 0 bridgehead atoms. The first-order valence-electron chi connectivity index (χ1n) is 5.56. The van der Waals surface area contributed by atoms with Crippen molar-refractivity contribution < 1.29 is 24.9 Å². The molecule has 0 radical (unpaired) electrons. The molecule has 2 heterocycles. The first kappa shape index (κ1) is 15.2. The van der Waals surface area contributed by atoms with Crippen LogP contribution in [0, 0.1) is 3.57 Å². The maximum atomic E-state index is 11.7. The van der Waals surface area contributed by atoms with Gasteiger partial charge in [-0.25, -0.2) is 9.59 Å². The number of aliphatic hydroxyl groups excluding tert-OH is 2. The largest absolute Gasteiger partial charge is 0.479 e. The Morgan fingerprint density at radius 2 is 2.20 bits per heavy atom. The number of carboxylic acid groups (broad SMARTS) is 1. The van der Waals surface area contributed by atoms with Crippen molar-refractivity contribution in [1.29, 1.82) is 0 Å². The smallest absolute Gasteiger partial charge is 0.335 e. The van der Waals surface area contributed by atoms with E-state index >= 15 is 0 Å². The highest BCUT2D eigenvalue weighted by molar-refractivity contribution is 14.1. The SMILES string of the molecule is O=C(O)C(O)[C@@H]1O[C@H](n2cc(I)c(=O)[nH]c2=O)CC1O. The van der Waals surface area contributed by atoms with Crippen LogP contribution in [-0.4, -0.2) is 49.2 Å². The van der Waals surface area contributed by atoms with E-state index in [-0.39, 0.29) is 9.99 Å². The molecule has 1 aliphatic heterocycles. The summed E-state index contributed by atoms with van der Waals surface area (Å²) in [6.45, 7) is 0. The van der Waals surface area contributed by atoms with Crippen LogP contribution in [0.5, 0.6) is 0 Å². The number of aromatic amines is 1. The summed E-state index contributed by atoms with van der Waals surface area (Å²) in [5.41, 5.74) is -1.29. The van der Waals surface area contributed by atoms with E-state index in [4.69, 9.17) is 9.84 Å². The van der Waals surface area contributed by atoms with Crippen molar-refractivity contribution in [2.75, 3.05) is 0 Å². The van der Waals surface area contributed by atoms with Crippen LogP contribution >= 0.6 is 22.6 Å². The average molecular weight is 398 g/mol. The summed E-state index contributed by atoms with van der Waals surface area (Å²) in [7, 11) is 0. The van der Waals surface area contributed by atoms with Gasteiger partial charge in [-0.2, -0.15) is 0 Å². The second-order valence-electron chi connectivity index (χ2n) is 4.29. The van der Waals surface area contributed by atoms with Gasteiger partial charge in [-0.3, -0.25) is 14.3 Å². The number of aromatic nitrogens is 2. The minimum absolute atomic E-state index is 0.0724. The second-order valence-corrected chi connectivity index (χ2v) is 5.45. The van der Waals surface area contributed by atoms with E-state index in [1.165, 1.54) is 6.20 Å². The van der Waals surface area contributed by atoms with Gasteiger partial charge < -0.3 is 20.1 Å². The fraction of sp³-hybridized carbons (Fsp3) is 0.500. The number of hydrogen-bond donors (Lipinski definition) is 4. The molecule has 4 N–H and O–H groups in total. The maximum absolute atomic E-state index is 11.7. The van der Waals surface area contributed by atoms with Gasteiger partial charge in [0.2, 0.25) is 0 Å². The van der Waals surface area contributed by atoms with Gasteiger partial charge in [0.1, 0.15) is 12.3 Å². The van der Waals surface area contributed by atoms with Crippen molar-refractivity contribution in [1.82, 2.24) is 9.55 Å². The summed E-state index contributed by atoms with van der Waals surface area (Å²) >= 11 is 1.72. The molecule has 0 aromatic carbocycles. The zero-order valence-electron chi connectivity index (χ0n) is 9.89. The van der Waals surface area contributed by atoms with Gasteiger partial charge in [0.15, 0.2) is 6.10 Å². The third-order valence-corrected chi connectivity index (χ3v) is 3.70. The molecule has 2 unspecified atom stereocenters. The molecule has 0 aliphatic carbocycles. The second kappa shape index (κ2) is 5.63. The van der Waals surface area contributed by atoms with E-state index in [1.54, 1.807) is 22.6 Å². The van der Waals surface area contributed by atoms with Crippen LogP contribution in [0.4, 0.5) is 0 Å². The number of carboxylic acids is 1. The van der Waals surface area contributed by atoms with Crippen LogP contribution in [0.15, 0.2) is 15.8 Å². The Morgan fingerprint density at radius 3 is 2.80 bits per heavy atom. The number of nitrogens with one attached hydrogen (secondary N) is 1. The minimum atomic E-state index is -1.90. The molecule has 1 fully saturated rings. The molecule has 1 aromatic rings. The number of carbonyl (C=O) groups is 1. The predicted molar refractivity (Wildman–Crippen MR) is 72.2 cm³/mol. The third-order valence-electron chi connectivity index (χ3n) is 2.94. The molecular formula is C10H11IN2O7. The van der Waals surface area contributed by atoms with E-state index in [1.807, 2.05) is 0 Å². The average Bonchev–Trinajstić information content (AvgIpc) is 2.74. The van der Waals surface area contributed by atoms with Gasteiger partial charge in [-0.15, -0.1) is 0 Å². The Morgan fingerprint density at radius 1 is 1.55 bits per heavy atom. The van der Waals surface area contributed by atoms with E-state index in [0.717, 1.165) is 4.57 Å². The Balaban J connectivity index is 2.29. The van der Waals surface area contributed by atoms with Gasteiger partial charge in [0.25, 0.3) is 5.56 Å². The molecule has 1 aromatic heterocycles. The topological polar surface area (TPSA) is 142 Å². The van der Waals surface area contributed by atoms with Crippen LogP contribution in [0.3, 0.4) is 0 Å². The number of hydrogen-bond acceptors (Lipinski definition) is 6. The number of ether oxygens (including phenoxy) is 1. The summed E-state index contributed by atoms with van der Waals surface area (Å²) < 4.78 is 6.50. The van der Waals surface area contributed by atoms with Crippen molar-refractivity contribution in [3.63, 3.8) is 0 Å². The normalized spacial score (nSPS) is 27.4. The van der Waals surface area contributed by atoms with Gasteiger partial charge >= 0.3 is 11.7 Å². The van der Waals surface area contributed by atoms with Crippen molar-refractivity contribution in [3.8, 4) is 0 Å². The Labute approximate surface area is 125 Å². The fourth-order valence-corrected chi connectivity index (χ4v) is 2.38. The van der Waals surface area contributed by atoms with E-state index < -0.39 is 41.8 Å². The lowest BCUT2D eigenvalue weighted by Crippen LogP contribution is -2.40. The number of rotatable bonds is 3. The standard InChI is InChI=1S/C10H11IN2O7/c11-3-2-13(10(19)12-8(3)16)5-1-4(14)7(20-5)6(15)9(17)18/h2,4-7,14-15H,1H2,(H,17,18)(H,12,16,19)/t4?,5-,6?,7+/m0/s1. The van der Waals surface area contributed by atoms with Crippen LogP contribution in [0.2, 0.25) is 0 Å². The monoisotopic (exact) mass is 398 g/mol. The molecule has 1 aliphatic rings. The first-order chi connectivity index (χ1) is 9.31. The Hall–Kier alpha value is -1.24. The maximum Gasteiger partial charge on any atom is 0.335 e. The molecule has 10 heteroatoms. The van der Waals surface area contributed by atoms with Crippen molar-refractivity contribution in [3.05, 3.63) is 30.6 Å². The number of aliphatic hydroxyl groups is 2. The van der Waals surface area contributed by atoms with Crippen molar-refractivity contribution in [2.45, 2.75) is 31.0 Å². The minimum Gasteiger partial charge on any atom is -0.479 e. The highest BCUT2D eigenvalue weighted by Crippen LogP contribution is 2.29. The molecule has 20 heavy (non-hydrogen) atoms. The van der Waals surface area contributed by atoms with Crippen molar-refractivity contribution >= 4 is 28.6 Å². The van der Waals surface area contributed by atoms with Crippen LogP contribution < -0.4 is 11.2 Å². The molecule has 1 saturated heterocycles. The highest BCUT2D eigenvalue weighted by atomic mass is 127. The molecule has 0 saturated carbocycles. The summed E-state index contributed by atoms with van der Waals surface area (Å²) in [5.74, 6) is -1.53.